The fraction of sp³-hybridized carbons (Fsp3) is 0.550. The third kappa shape index (κ3) is 4.83. The van der Waals surface area contributed by atoms with Crippen molar-refractivity contribution in [3.63, 3.8) is 0 Å². The number of benzene rings is 1. The molecular weight excluding hydrogens is 347 g/mol. The van der Waals surface area contributed by atoms with Gasteiger partial charge in [0.2, 0.25) is 5.91 Å². The molecule has 3 atom stereocenters. The minimum Gasteiger partial charge on any atom is -0.352 e. The topological polar surface area (TPSA) is 85.2 Å². The van der Waals surface area contributed by atoms with Gasteiger partial charge in [-0.1, -0.05) is 12.1 Å². The van der Waals surface area contributed by atoms with E-state index >= 15 is 0 Å². The summed E-state index contributed by atoms with van der Waals surface area (Å²) >= 11 is 0. The second-order valence-electron chi connectivity index (χ2n) is 7.32. The molecule has 1 aromatic carbocycles. The van der Waals surface area contributed by atoms with Gasteiger partial charge in [-0.05, 0) is 50.2 Å². The number of hydrogen-bond donors (Lipinski definition) is 2. The monoisotopic (exact) mass is 372 g/mol. The Morgan fingerprint density at radius 3 is 2.85 bits per heavy atom. The van der Waals surface area contributed by atoms with E-state index in [1.54, 1.807) is 17.0 Å². The van der Waals surface area contributed by atoms with Gasteiger partial charge in [-0.25, -0.2) is 4.39 Å². The molecule has 144 valence electrons. The number of amides is 2. The van der Waals surface area contributed by atoms with E-state index in [1.165, 1.54) is 12.1 Å². The first-order valence-electron chi connectivity index (χ1n) is 9.53. The molecule has 0 spiro atoms. The highest BCUT2D eigenvalue weighted by Crippen LogP contribution is 2.25. The fourth-order valence-corrected chi connectivity index (χ4v) is 3.96. The van der Waals surface area contributed by atoms with Crippen molar-refractivity contribution in [2.45, 2.75) is 44.2 Å². The number of carbonyl (C=O) groups excluding carboxylic acids is 2. The van der Waals surface area contributed by atoms with Gasteiger partial charge in [0, 0.05) is 19.1 Å². The smallest absolute Gasteiger partial charge is 0.254 e. The van der Waals surface area contributed by atoms with Crippen molar-refractivity contribution in [2.75, 3.05) is 19.6 Å². The first-order valence-corrected chi connectivity index (χ1v) is 9.53. The molecule has 7 heteroatoms. The molecular formula is C20H25FN4O2. The molecule has 0 bridgehead atoms. The van der Waals surface area contributed by atoms with Gasteiger partial charge in [0.25, 0.3) is 5.91 Å². The molecule has 1 aromatic rings. The molecule has 2 N–H and O–H groups in total. The van der Waals surface area contributed by atoms with Crippen LogP contribution >= 0.6 is 0 Å². The normalized spacial score (nSPS) is 24.6. The average Bonchev–Trinajstić information content (AvgIpc) is 3.33. The molecule has 0 unspecified atom stereocenters. The molecule has 6 nitrogen and oxygen atoms in total. The van der Waals surface area contributed by atoms with Crippen LogP contribution in [0.2, 0.25) is 0 Å². The van der Waals surface area contributed by atoms with E-state index in [0.29, 0.717) is 19.0 Å². The predicted octanol–water partition coefficient (Wildman–Crippen LogP) is 1.83. The highest BCUT2D eigenvalue weighted by molar-refractivity contribution is 5.94. The van der Waals surface area contributed by atoms with Crippen LogP contribution in [0.25, 0.3) is 0 Å². The molecule has 1 aliphatic heterocycles. The predicted molar refractivity (Wildman–Crippen MR) is 98.2 cm³/mol. The van der Waals surface area contributed by atoms with E-state index in [0.717, 1.165) is 32.1 Å². The van der Waals surface area contributed by atoms with Gasteiger partial charge in [0.1, 0.15) is 11.9 Å². The quantitative estimate of drug-likeness (QED) is 0.798. The van der Waals surface area contributed by atoms with Crippen LogP contribution in [-0.2, 0) is 4.79 Å². The highest BCUT2D eigenvalue weighted by Gasteiger charge is 2.30. The zero-order valence-corrected chi connectivity index (χ0v) is 15.3. The third-order valence-corrected chi connectivity index (χ3v) is 5.48. The zero-order chi connectivity index (χ0) is 19.2. The van der Waals surface area contributed by atoms with Crippen LogP contribution in [0.5, 0.6) is 0 Å². The Hall–Kier alpha value is -2.46. The molecule has 2 fully saturated rings. The zero-order valence-electron chi connectivity index (χ0n) is 15.3. The summed E-state index contributed by atoms with van der Waals surface area (Å²) in [6.45, 7) is 1.41. The molecule has 1 saturated carbocycles. The molecule has 0 radical (unpaired) electrons. The van der Waals surface area contributed by atoms with Crippen LogP contribution in [0.15, 0.2) is 24.3 Å². The van der Waals surface area contributed by atoms with Gasteiger partial charge < -0.3 is 15.5 Å². The lowest BCUT2D eigenvalue weighted by Gasteiger charge is -2.21. The summed E-state index contributed by atoms with van der Waals surface area (Å²) in [4.78, 5) is 26.0. The third-order valence-electron chi connectivity index (χ3n) is 5.48. The summed E-state index contributed by atoms with van der Waals surface area (Å²) in [6, 6.07) is 8.08. The maximum absolute atomic E-state index is 13.6. The molecule has 3 rings (SSSR count). The number of nitriles is 1. The average molecular weight is 372 g/mol. The van der Waals surface area contributed by atoms with Gasteiger partial charge >= 0.3 is 0 Å². The minimum absolute atomic E-state index is 0.0182. The molecule has 2 aliphatic rings. The Labute approximate surface area is 158 Å². The maximum Gasteiger partial charge on any atom is 0.254 e. The van der Waals surface area contributed by atoms with E-state index in [2.05, 4.69) is 16.7 Å². The lowest BCUT2D eigenvalue weighted by molar-refractivity contribution is -0.130. The second kappa shape index (κ2) is 8.96. The number of likely N-dealkylation sites (tertiary alicyclic amines) is 1. The van der Waals surface area contributed by atoms with Gasteiger partial charge in [0.15, 0.2) is 0 Å². The van der Waals surface area contributed by atoms with Crippen LogP contribution < -0.4 is 10.6 Å². The number of hydrogen-bond acceptors (Lipinski definition) is 4. The Balaban J connectivity index is 1.39. The summed E-state index contributed by atoms with van der Waals surface area (Å²) in [5, 5.41) is 15.2. The van der Waals surface area contributed by atoms with Crippen LogP contribution in [0.4, 0.5) is 4.39 Å². The summed E-state index contributed by atoms with van der Waals surface area (Å²) in [6.07, 6.45) is 4.41. The van der Waals surface area contributed by atoms with Crippen LogP contribution in [0, 0.1) is 23.1 Å². The lowest BCUT2D eigenvalue weighted by atomic mass is 10.1. The fourth-order valence-electron chi connectivity index (χ4n) is 3.96. The van der Waals surface area contributed by atoms with Gasteiger partial charge in [-0.3, -0.25) is 9.59 Å². The molecule has 2 amide bonds. The largest absolute Gasteiger partial charge is 0.352 e. The standard InChI is InChI=1S/C20H25FN4O2/c21-18-6-2-1-5-17(18)20(27)24-12-14-7-8-15(10-14)23-13-19(26)25-9-3-4-16(25)11-22/h1-2,5-6,14-16,23H,3-4,7-10,12-13H2,(H,24,27)/t14-,15+,16-/m0/s1. The Kier molecular flexibility index (Phi) is 6.40. The van der Waals surface area contributed by atoms with E-state index < -0.39 is 11.7 Å². The Morgan fingerprint density at radius 1 is 1.26 bits per heavy atom. The maximum atomic E-state index is 13.6. The first kappa shape index (κ1) is 19.3. The summed E-state index contributed by atoms with van der Waals surface area (Å²) in [7, 11) is 0. The first-order chi connectivity index (χ1) is 13.1. The van der Waals surface area contributed by atoms with Crippen molar-refractivity contribution in [3.05, 3.63) is 35.6 Å². The Morgan fingerprint density at radius 2 is 2.07 bits per heavy atom. The molecule has 27 heavy (non-hydrogen) atoms. The van der Waals surface area contributed by atoms with Crippen molar-refractivity contribution in [2.24, 2.45) is 5.92 Å². The summed E-state index contributed by atoms with van der Waals surface area (Å²) < 4.78 is 13.6. The van der Waals surface area contributed by atoms with E-state index in [-0.39, 0.29) is 30.1 Å². The SMILES string of the molecule is N#C[C@@H]1CCCN1C(=O)CN[C@@H]1CC[C@H](CNC(=O)c2ccccc2F)C1. The number of nitrogens with one attached hydrogen (secondary N) is 2. The summed E-state index contributed by atoms with van der Waals surface area (Å²) in [5.41, 5.74) is 0.0634. The molecule has 1 heterocycles. The Bertz CT molecular complexity index is 733. The number of nitrogens with zero attached hydrogens (tertiary/aromatic N) is 2. The van der Waals surface area contributed by atoms with E-state index in [1.807, 2.05) is 0 Å². The minimum atomic E-state index is -0.517. The van der Waals surface area contributed by atoms with Gasteiger partial charge in [0.05, 0.1) is 18.2 Å². The van der Waals surface area contributed by atoms with E-state index in [4.69, 9.17) is 5.26 Å². The molecule has 1 saturated heterocycles. The van der Waals surface area contributed by atoms with E-state index in [9.17, 15) is 14.0 Å². The molecule has 0 aromatic heterocycles. The van der Waals surface area contributed by atoms with Crippen molar-refractivity contribution in [3.8, 4) is 6.07 Å². The van der Waals surface area contributed by atoms with Gasteiger partial charge in [-0.2, -0.15) is 5.26 Å². The summed E-state index contributed by atoms with van der Waals surface area (Å²) in [5.74, 6) is -0.615. The number of rotatable bonds is 6. The van der Waals surface area contributed by atoms with Crippen LogP contribution in [0.1, 0.15) is 42.5 Å². The number of halogens is 1. The highest BCUT2D eigenvalue weighted by atomic mass is 19.1. The van der Waals surface area contributed by atoms with Crippen molar-refractivity contribution >= 4 is 11.8 Å². The van der Waals surface area contributed by atoms with Crippen molar-refractivity contribution in [1.29, 1.82) is 5.26 Å². The van der Waals surface area contributed by atoms with Crippen molar-refractivity contribution < 1.29 is 14.0 Å². The van der Waals surface area contributed by atoms with Crippen LogP contribution in [0.3, 0.4) is 0 Å². The van der Waals surface area contributed by atoms with Gasteiger partial charge in [-0.15, -0.1) is 0 Å². The lowest BCUT2D eigenvalue weighted by Crippen LogP contribution is -2.43. The molecule has 1 aliphatic carbocycles. The van der Waals surface area contributed by atoms with Crippen molar-refractivity contribution in [1.82, 2.24) is 15.5 Å². The van der Waals surface area contributed by atoms with Crippen LogP contribution in [-0.4, -0.2) is 48.4 Å². The second-order valence-corrected chi connectivity index (χ2v) is 7.32. The number of carbonyl (C=O) groups is 2.